The molecule has 1 heterocycles. The number of amides is 1. The molecule has 0 aromatic carbocycles. The second-order valence-corrected chi connectivity index (χ2v) is 9.73. The average molecular weight is 458 g/mol. The van der Waals surface area contributed by atoms with Gasteiger partial charge in [-0.05, 0) is 27.2 Å². The Hall–Kier alpha value is -0.690. The lowest BCUT2D eigenvalue weighted by Crippen LogP contribution is -2.57. The molecule has 0 saturated carbocycles. The summed E-state index contributed by atoms with van der Waals surface area (Å²) in [4.78, 5) is 12.4. The Bertz CT molecular complexity index is 471. The maximum Gasteiger partial charge on any atom is 0.249 e. The van der Waals surface area contributed by atoms with Crippen molar-refractivity contribution in [1.29, 1.82) is 0 Å². The van der Waals surface area contributed by atoms with Gasteiger partial charge in [-0.3, -0.25) is 4.79 Å². The minimum Gasteiger partial charge on any atom is -0.359 e. The first-order chi connectivity index (χ1) is 15.4. The van der Waals surface area contributed by atoms with Gasteiger partial charge >= 0.3 is 0 Å². The van der Waals surface area contributed by atoms with E-state index >= 15 is 0 Å². The summed E-state index contributed by atoms with van der Waals surface area (Å²) in [6.45, 7) is 8.43. The van der Waals surface area contributed by atoms with Crippen LogP contribution in [0.3, 0.4) is 0 Å². The highest BCUT2D eigenvalue weighted by molar-refractivity contribution is 5.80. The maximum absolute atomic E-state index is 12.4. The van der Waals surface area contributed by atoms with Crippen molar-refractivity contribution in [2.24, 2.45) is 0 Å². The molecule has 0 unspecified atom stereocenters. The second kappa shape index (κ2) is 17.7. The van der Waals surface area contributed by atoms with Crippen LogP contribution in [-0.4, -0.2) is 50.5 Å². The lowest BCUT2D eigenvalue weighted by atomic mass is 10.00. The number of rotatable bonds is 19. The summed E-state index contributed by atoms with van der Waals surface area (Å²) in [7, 11) is 1.54. The maximum atomic E-state index is 12.4. The third-order valence-corrected chi connectivity index (χ3v) is 6.22. The Morgan fingerprint density at radius 1 is 0.969 bits per heavy atom. The van der Waals surface area contributed by atoms with Crippen molar-refractivity contribution >= 4 is 5.91 Å². The lowest BCUT2D eigenvalue weighted by Gasteiger charge is -2.41. The monoisotopic (exact) mass is 457 g/mol. The molecule has 1 fully saturated rings. The molecule has 1 saturated heterocycles. The van der Waals surface area contributed by atoms with Crippen LogP contribution in [0.2, 0.25) is 0 Å². The van der Waals surface area contributed by atoms with Gasteiger partial charge in [0.2, 0.25) is 5.91 Å². The van der Waals surface area contributed by atoms with Crippen LogP contribution in [0.1, 0.15) is 118 Å². The fourth-order valence-electron chi connectivity index (χ4n) is 4.18. The summed E-state index contributed by atoms with van der Waals surface area (Å²) < 4.78 is 22.2. The predicted octanol–water partition coefficient (Wildman–Crippen LogP) is 6.11. The first-order valence-corrected chi connectivity index (χ1v) is 13.1. The van der Waals surface area contributed by atoms with E-state index < -0.39 is 11.9 Å². The third-order valence-electron chi connectivity index (χ3n) is 6.22. The van der Waals surface area contributed by atoms with Crippen LogP contribution in [-0.2, 0) is 23.7 Å². The summed E-state index contributed by atoms with van der Waals surface area (Å²) in [6, 6.07) is -0.151. The zero-order valence-electron chi connectivity index (χ0n) is 21.6. The summed E-state index contributed by atoms with van der Waals surface area (Å²) in [5.41, 5.74) is 0. The molecular formula is C26H51NO5. The van der Waals surface area contributed by atoms with Gasteiger partial charge in [0.1, 0.15) is 12.9 Å². The number of unbranched alkanes of at least 4 members (excludes halogenated alkanes) is 12. The highest BCUT2D eigenvalue weighted by Crippen LogP contribution is 2.26. The van der Waals surface area contributed by atoms with Gasteiger partial charge in [0.15, 0.2) is 5.79 Å². The van der Waals surface area contributed by atoms with Crippen LogP contribution in [0.25, 0.3) is 0 Å². The van der Waals surface area contributed by atoms with Crippen LogP contribution in [0.4, 0.5) is 0 Å². The zero-order valence-corrected chi connectivity index (χ0v) is 21.6. The highest BCUT2D eigenvalue weighted by atomic mass is 16.7. The molecule has 3 atom stereocenters. The van der Waals surface area contributed by atoms with Gasteiger partial charge in [-0.25, -0.2) is 0 Å². The summed E-state index contributed by atoms with van der Waals surface area (Å²) >= 11 is 0. The van der Waals surface area contributed by atoms with Crippen molar-refractivity contribution in [3.05, 3.63) is 0 Å². The number of carbonyl (C=O) groups is 1. The molecule has 0 aromatic rings. The number of hydrogen-bond acceptors (Lipinski definition) is 5. The second-order valence-electron chi connectivity index (χ2n) is 9.73. The highest BCUT2D eigenvalue weighted by Gasteiger charge is 2.37. The van der Waals surface area contributed by atoms with Crippen molar-refractivity contribution in [2.75, 3.05) is 20.5 Å². The van der Waals surface area contributed by atoms with E-state index in [9.17, 15) is 4.79 Å². The average Bonchev–Trinajstić information content (AvgIpc) is 2.76. The molecule has 6 heteroatoms. The Morgan fingerprint density at radius 3 is 2.03 bits per heavy atom. The molecule has 1 N–H and O–H groups in total. The van der Waals surface area contributed by atoms with E-state index in [1.165, 1.54) is 77.0 Å². The normalized spacial score (nSPS) is 21.4. The Kier molecular flexibility index (Phi) is 16.3. The van der Waals surface area contributed by atoms with E-state index in [1.54, 1.807) is 14.0 Å². The predicted molar refractivity (Wildman–Crippen MR) is 130 cm³/mol. The van der Waals surface area contributed by atoms with E-state index in [2.05, 4.69) is 12.2 Å². The van der Waals surface area contributed by atoms with E-state index in [4.69, 9.17) is 18.9 Å². The first-order valence-electron chi connectivity index (χ1n) is 13.1. The van der Waals surface area contributed by atoms with Crippen LogP contribution < -0.4 is 5.32 Å². The van der Waals surface area contributed by atoms with Gasteiger partial charge in [-0.2, -0.15) is 0 Å². The van der Waals surface area contributed by atoms with Gasteiger partial charge < -0.3 is 24.3 Å². The largest absolute Gasteiger partial charge is 0.359 e. The van der Waals surface area contributed by atoms with Crippen molar-refractivity contribution in [1.82, 2.24) is 5.32 Å². The smallest absolute Gasteiger partial charge is 0.249 e. The number of carbonyl (C=O) groups excluding carboxylic acids is 1. The van der Waals surface area contributed by atoms with Gasteiger partial charge in [-0.15, -0.1) is 0 Å². The van der Waals surface area contributed by atoms with Gasteiger partial charge in [0, 0.05) is 7.11 Å². The molecule has 1 rings (SSSR count). The van der Waals surface area contributed by atoms with Crippen molar-refractivity contribution in [3.63, 3.8) is 0 Å². The van der Waals surface area contributed by atoms with Gasteiger partial charge in [0.05, 0.1) is 18.8 Å². The molecule has 0 aromatic heterocycles. The Morgan fingerprint density at radius 2 is 1.50 bits per heavy atom. The van der Waals surface area contributed by atoms with Crippen molar-refractivity contribution in [2.45, 2.75) is 142 Å². The van der Waals surface area contributed by atoms with E-state index in [0.717, 1.165) is 12.8 Å². The minimum absolute atomic E-state index is 0.0370. The van der Waals surface area contributed by atoms with Gasteiger partial charge in [-0.1, -0.05) is 90.4 Å². The summed E-state index contributed by atoms with van der Waals surface area (Å²) in [6.07, 6.45) is 17.8. The summed E-state index contributed by atoms with van der Waals surface area (Å²) in [5, 5.41) is 3.04. The Labute approximate surface area is 197 Å². The number of hydrogen-bond donors (Lipinski definition) is 1. The topological polar surface area (TPSA) is 66.0 Å². The van der Waals surface area contributed by atoms with Gasteiger partial charge in [0.25, 0.3) is 0 Å². The van der Waals surface area contributed by atoms with Crippen LogP contribution in [0.15, 0.2) is 0 Å². The van der Waals surface area contributed by atoms with Crippen LogP contribution in [0.5, 0.6) is 0 Å². The van der Waals surface area contributed by atoms with Crippen LogP contribution in [0, 0.1) is 0 Å². The molecule has 1 aliphatic rings. The third kappa shape index (κ3) is 13.8. The molecule has 32 heavy (non-hydrogen) atoms. The van der Waals surface area contributed by atoms with E-state index in [0.29, 0.717) is 6.61 Å². The molecule has 1 amide bonds. The molecule has 6 nitrogen and oxygen atoms in total. The molecule has 190 valence electrons. The first kappa shape index (κ1) is 29.3. The standard InChI is InChI=1S/C26H51NO5/c1-6-7-8-9-10-11-12-13-14-15-16-17-18-19-24-23(20-31-26(3,4)32-24)27-25(28)22(2)30-21-29-5/h22-24H,6-21H2,1-5H3,(H,27,28)/t22-,23+,24-/m1/s1. The van der Waals surface area contributed by atoms with E-state index in [-0.39, 0.29) is 24.8 Å². The minimum atomic E-state index is -0.611. The SMILES string of the molecule is CCCCCCCCCCCCCCC[C@H]1OC(C)(C)OC[C@@H]1NC(=O)[C@@H](C)OCOC. The number of methoxy groups -OCH3 is 1. The molecular weight excluding hydrogens is 406 g/mol. The van der Waals surface area contributed by atoms with E-state index in [1.807, 2.05) is 13.8 Å². The summed E-state index contributed by atoms with van der Waals surface area (Å²) in [5.74, 6) is -0.769. The fraction of sp³-hybridized carbons (Fsp3) is 0.962. The molecule has 0 bridgehead atoms. The molecule has 0 aliphatic carbocycles. The van der Waals surface area contributed by atoms with Crippen molar-refractivity contribution in [3.8, 4) is 0 Å². The number of nitrogens with one attached hydrogen (secondary N) is 1. The Balaban J connectivity index is 2.18. The quantitative estimate of drug-likeness (QED) is 0.187. The van der Waals surface area contributed by atoms with Crippen molar-refractivity contribution < 1.29 is 23.7 Å². The molecule has 0 radical (unpaired) electrons. The zero-order chi connectivity index (χ0) is 23.7. The molecule has 0 spiro atoms. The lowest BCUT2D eigenvalue weighted by molar-refractivity contribution is -0.283. The van der Waals surface area contributed by atoms with Crippen LogP contribution >= 0.6 is 0 Å². The fourth-order valence-corrected chi connectivity index (χ4v) is 4.18. The number of ether oxygens (including phenoxy) is 4. The molecule has 1 aliphatic heterocycles.